The average molecular weight is 368 g/mol. The molecule has 8 heteroatoms. The molecule has 2 heterocycles. The van der Waals surface area contributed by atoms with Crippen molar-refractivity contribution in [2.24, 2.45) is 0 Å². The first-order valence-corrected chi connectivity index (χ1v) is 8.38. The minimum atomic E-state index is -0.594. The largest absolute Gasteiger partial charge is 0.508 e. The van der Waals surface area contributed by atoms with E-state index < -0.39 is 5.82 Å². The fourth-order valence-electron chi connectivity index (χ4n) is 2.64. The maximum absolute atomic E-state index is 14.0. The second-order valence-corrected chi connectivity index (χ2v) is 5.90. The summed E-state index contributed by atoms with van der Waals surface area (Å²) < 4.78 is 25.1. The third-order valence-corrected chi connectivity index (χ3v) is 3.91. The molecule has 0 fully saturated rings. The Bertz CT molecular complexity index is 967. The summed E-state index contributed by atoms with van der Waals surface area (Å²) in [6.45, 7) is 1.51. The van der Waals surface area contributed by atoms with Crippen LogP contribution in [0.2, 0.25) is 0 Å². The van der Waals surface area contributed by atoms with Gasteiger partial charge in [0.1, 0.15) is 19.0 Å². The molecule has 0 aliphatic carbocycles. The third-order valence-electron chi connectivity index (χ3n) is 3.91. The fourth-order valence-corrected chi connectivity index (χ4v) is 2.64. The molecule has 27 heavy (non-hydrogen) atoms. The second kappa shape index (κ2) is 7.36. The normalized spacial score (nSPS) is 12.5. The number of aromatic hydroxyl groups is 1. The van der Waals surface area contributed by atoms with Gasteiger partial charge in [-0.25, -0.2) is 9.37 Å². The lowest BCUT2D eigenvalue weighted by Crippen LogP contribution is -2.15. The van der Waals surface area contributed by atoms with Crippen molar-refractivity contribution in [2.45, 2.75) is 6.54 Å². The molecule has 2 aromatic carbocycles. The number of halogens is 1. The molecule has 3 N–H and O–H groups in total. The topological polar surface area (TPSA) is 88.5 Å². The third kappa shape index (κ3) is 4.00. The molecule has 0 amide bonds. The number of rotatable bonds is 5. The van der Waals surface area contributed by atoms with Gasteiger partial charge in [0.05, 0.1) is 6.20 Å². The van der Waals surface area contributed by atoms with Crippen LogP contribution in [0.15, 0.2) is 48.7 Å². The van der Waals surface area contributed by atoms with Gasteiger partial charge in [0.25, 0.3) is 0 Å². The van der Waals surface area contributed by atoms with Crippen LogP contribution in [-0.2, 0) is 6.54 Å². The molecule has 1 aliphatic rings. The Morgan fingerprint density at radius 3 is 2.78 bits per heavy atom. The summed E-state index contributed by atoms with van der Waals surface area (Å²) in [7, 11) is 0. The molecule has 1 aliphatic heterocycles. The number of nitrogens with one attached hydrogen (secondary N) is 2. The Labute approximate surface area is 154 Å². The lowest BCUT2D eigenvalue weighted by molar-refractivity contribution is 0.171. The molecule has 0 bridgehead atoms. The number of aromatic nitrogens is 2. The molecular formula is C19H17FN4O3. The smallest absolute Gasteiger partial charge is 0.225 e. The van der Waals surface area contributed by atoms with Crippen LogP contribution in [0.1, 0.15) is 5.56 Å². The maximum atomic E-state index is 14.0. The summed E-state index contributed by atoms with van der Waals surface area (Å²) in [6.07, 6.45) is 1.09. The Kier molecular flexibility index (Phi) is 4.61. The van der Waals surface area contributed by atoms with Gasteiger partial charge in [0.15, 0.2) is 23.1 Å². The van der Waals surface area contributed by atoms with Gasteiger partial charge in [0, 0.05) is 18.3 Å². The highest BCUT2D eigenvalue weighted by atomic mass is 19.1. The van der Waals surface area contributed by atoms with Gasteiger partial charge in [-0.2, -0.15) is 4.98 Å². The number of ether oxygens (including phenoxy) is 2. The number of phenols is 1. The van der Waals surface area contributed by atoms with E-state index in [1.807, 2.05) is 18.2 Å². The SMILES string of the molecule is Oc1cccc(Nc2nc(NCc3ccc4c(c3)OCCO4)ncc2F)c1. The summed E-state index contributed by atoms with van der Waals surface area (Å²) >= 11 is 0. The predicted octanol–water partition coefficient (Wildman–Crippen LogP) is 3.45. The van der Waals surface area contributed by atoms with E-state index in [2.05, 4.69) is 20.6 Å². The molecule has 0 radical (unpaired) electrons. The first-order chi connectivity index (χ1) is 13.2. The molecule has 0 unspecified atom stereocenters. The minimum absolute atomic E-state index is 0.0141. The molecule has 138 valence electrons. The van der Waals surface area contributed by atoms with Crippen LogP contribution >= 0.6 is 0 Å². The summed E-state index contributed by atoms with van der Waals surface area (Å²) in [4.78, 5) is 8.11. The predicted molar refractivity (Wildman–Crippen MR) is 98.1 cm³/mol. The fraction of sp³-hybridized carbons (Fsp3) is 0.158. The van der Waals surface area contributed by atoms with E-state index >= 15 is 0 Å². The van der Waals surface area contributed by atoms with E-state index in [1.165, 1.54) is 12.1 Å². The zero-order valence-corrected chi connectivity index (χ0v) is 14.3. The van der Waals surface area contributed by atoms with Crippen molar-refractivity contribution in [2.75, 3.05) is 23.8 Å². The Balaban J connectivity index is 1.46. The highest BCUT2D eigenvalue weighted by molar-refractivity contribution is 5.59. The summed E-state index contributed by atoms with van der Waals surface area (Å²) in [6, 6.07) is 12.0. The molecule has 1 aromatic heterocycles. The Hall–Kier alpha value is -3.55. The van der Waals surface area contributed by atoms with E-state index in [9.17, 15) is 9.50 Å². The van der Waals surface area contributed by atoms with Gasteiger partial charge in [0.2, 0.25) is 5.95 Å². The van der Waals surface area contributed by atoms with Crippen molar-refractivity contribution in [3.8, 4) is 17.2 Å². The maximum Gasteiger partial charge on any atom is 0.225 e. The number of hydrogen-bond acceptors (Lipinski definition) is 7. The first kappa shape index (κ1) is 16.9. The number of anilines is 3. The first-order valence-electron chi connectivity index (χ1n) is 8.38. The lowest BCUT2D eigenvalue weighted by atomic mass is 10.2. The minimum Gasteiger partial charge on any atom is -0.508 e. The average Bonchev–Trinajstić information content (AvgIpc) is 2.68. The Morgan fingerprint density at radius 2 is 1.93 bits per heavy atom. The zero-order chi connectivity index (χ0) is 18.6. The van der Waals surface area contributed by atoms with Crippen LogP contribution < -0.4 is 20.1 Å². The van der Waals surface area contributed by atoms with Gasteiger partial charge < -0.3 is 25.2 Å². The quantitative estimate of drug-likeness (QED) is 0.636. The van der Waals surface area contributed by atoms with Crippen LogP contribution in [0.4, 0.5) is 21.8 Å². The van der Waals surface area contributed by atoms with Crippen molar-refractivity contribution in [3.63, 3.8) is 0 Å². The van der Waals surface area contributed by atoms with E-state index in [0.29, 0.717) is 31.2 Å². The molecule has 0 atom stereocenters. The van der Waals surface area contributed by atoms with Crippen LogP contribution in [0.25, 0.3) is 0 Å². The van der Waals surface area contributed by atoms with E-state index in [4.69, 9.17) is 9.47 Å². The van der Waals surface area contributed by atoms with Crippen LogP contribution in [0, 0.1) is 5.82 Å². The van der Waals surface area contributed by atoms with Crippen molar-refractivity contribution < 1.29 is 19.0 Å². The molecular weight excluding hydrogens is 351 g/mol. The second-order valence-electron chi connectivity index (χ2n) is 5.90. The van der Waals surface area contributed by atoms with Crippen molar-refractivity contribution >= 4 is 17.5 Å². The summed E-state index contributed by atoms with van der Waals surface area (Å²) in [5.74, 6) is 1.19. The molecule has 0 saturated carbocycles. The van der Waals surface area contributed by atoms with Gasteiger partial charge >= 0.3 is 0 Å². The van der Waals surface area contributed by atoms with Crippen molar-refractivity contribution in [1.29, 1.82) is 0 Å². The number of benzene rings is 2. The Morgan fingerprint density at radius 1 is 1.07 bits per heavy atom. The van der Waals surface area contributed by atoms with Crippen molar-refractivity contribution in [3.05, 3.63) is 60.0 Å². The van der Waals surface area contributed by atoms with Gasteiger partial charge in [-0.05, 0) is 29.8 Å². The van der Waals surface area contributed by atoms with Gasteiger partial charge in [-0.1, -0.05) is 12.1 Å². The number of fused-ring (bicyclic) bond motifs is 1. The lowest BCUT2D eigenvalue weighted by Gasteiger charge is -2.19. The molecule has 0 spiro atoms. The van der Waals surface area contributed by atoms with Gasteiger partial charge in [-0.3, -0.25) is 0 Å². The standard InChI is InChI=1S/C19H17FN4O3/c20-15-11-22-19(24-18(15)23-13-2-1-3-14(25)9-13)21-10-12-4-5-16-17(8-12)27-7-6-26-16/h1-5,8-9,11,25H,6-7,10H2,(H2,21,22,23,24). The van der Waals surface area contributed by atoms with Crippen LogP contribution in [0.5, 0.6) is 17.2 Å². The van der Waals surface area contributed by atoms with E-state index in [-0.39, 0.29) is 17.5 Å². The molecule has 3 aromatic rings. The van der Waals surface area contributed by atoms with Gasteiger partial charge in [-0.15, -0.1) is 0 Å². The number of phenolic OH excluding ortho intramolecular Hbond substituents is 1. The number of hydrogen-bond donors (Lipinski definition) is 3. The van der Waals surface area contributed by atoms with Crippen molar-refractivity contribution in [1.82, 2.24) is 9.97 Å². The number of nitrogens with zero attached hydrogens (tertiary/aromatic N) is 2. The summed E-state index contributed by atoms with van der Waals surface area (Å²) in [5.41, 5.74) is 1.47. The highest BCUT2D eigenvalue weighted by Crippen LogP contribution is 2.31. The highest BCUT2D eigenvalue weighted by Gasteiger charge is 2.12. The summed E-state index contributed by atoms with van der Waals surface area (Å²) in [5, 5.41) is 15.4. The molecule has 7 nitrogen and oxygen atoms in total. The van der Waals surface area contributed by atoms with Crippen LogP contribution in [0.3, 0.4) is 0 Å². The molecule has 4 rings (SSSR count). The monoisotopic (exact) mass is 368 g/mol. The van der Waals surface area contributed by atoms with E-state index in [0.717, 1.165) is 17.5 Å². The van der Waals surface area contributed by atoms with Crippen LogP contribution in [-0.4, -0.2) is 28.3 Å². The zero-order valence-electron chi connectivity index (χ0n) is 14.3. The van der Waals surface area contributed by atoms with E-state index in [1.54, 1.807) is 12.1 Å². The molecule has 0 saturated heterocycles.